The average Bonchev–Trinajstić information content (AvgIpc) is 2.94. The molecule has 2 aliphatic heterocycles. The van der Waals surface area contributed by atoms with E-state index in [9.17, 15) is 19.5 Å². The van der Waals surface area contributed by atoms with Gasteiger partial charge in [-0.05, 0) is 62.1 Å². The van der Waals surface area contributed by atoms with E-state index in [0.717, 1.165) is 30.4 Å². The number of aliphatic hydroxyl groups is 1. The lowest BCUT2D eigenvalue weighted by molar-refractivity contribution is -0.136. The summed E-state index contributed by atoms with van der Waals surface area (Å²) in [6, 6.07) is 5.26. The Kier molecular flexibility index (Phi) is 4.75. The van der Waals surface area contributed by atoms with Crippen LogP contribution in [0.25, 0.3) is 0 Å². The van der Waals surface area contributed by atoms with E-state index < -0.39 is 17.6 Å². The van der Waals surface area contributed by atoms with E-state index in [4.69, 9.17) is 5.73 Å². The largest absolute Gasteiger partial charge is 0.390 e. The van der Waals surface area contributed by atoms with Crippen LogP contribution in [-0.2, 0) is 22.6 Å². The lowest BCUT2D eigenvalue weighted by Crippen LogP contribution is -2.52. The van der Waals surface area contributed by atoms with Gasteiger partial charge in [-0.1, -0.05) is 12.1 Å². The molecule has 0 radical (unpaired) electrons. The first-order valence-corrected chi connectivity index (χ1v) is 9.98. The lowest BCUT2D eigenvalue weighted by atomic mass is 9.74. The molecule has 0 spiro atoms. The van der Waals surface area contributed by atoms with E-state index in [2.05, 4.69) is 5.32 Å². The van der Waals surface area contributed by atoms with E-state index in [1.54, 1.807) is 4.90 Å². The van der Waals surface area contributed by atoms with Crippen molar-refractivity contribution >= 4 is 17.7 Å². The Morgan fingerprint density at radius 1 is 1.29 bits per heavy atom. The van der Waals surface area contributed by atoms with Crippen molar-refractivity contribution in [2.24, 2.45) is 11.7 Å². The zero-order chi connectivity index (χ0) is 20.1. The Bertz CT molecular complexity index is 835. The second kappa shape index (κ2) is 6.97. The predicted molar refractivity (Wildman–Crippen MR) is 102 cm³/mol. The molecule has 150 valence electrons. The van der Waals surface area contributed by atoms with Gasteiger partial charge >= 0.3 is 0 Å². The monoisotopic (exact) mass is 385 g/mol. The van der Waals surface area contributed by atoms with Gasteiger partial charge < -0.3 is 15.7 Å². The van der Waals surface area contributed by atoms with Crippen molar-refractivity contribution in [2.45, 2.75) is 69.7 Å². The summed E-state index contributed by atoms with van der Waals surface area (Å²) in [7, 11) is 0. The van der Waals surface area contributed by atoms with Crippen molar-refractivity contribution in [1.82, 2.24) is 10.2 Å². The number of imide groups is 1. The summed E-state index contributed by atoms with van der Waals surface area (Å²) in [5.74, 6) is -0.640. The van der Waals surface area contributed by atoms with Gasteiger partial charge in [0.2, 0.25) is 11.8 Å². The minimum Gasteiger partial charge on any atom is -0.390 e. The Hall–Kier alpha value is -2.25. The lowest BCUT2D eigenvalue weighted by Gasteiger charge is -2.38. The number of nitrogens with two attached hydrogens (primary N) is 1. The summed E-state index contributed by atoms with van der Waals surface area (Å²) in [5, 5.41) is 12.7. The van der Waals surface area contributed by atoms with Gasteiger partial charge in [-0.3, -0.25) is 19.7 Å². The summed E-state index contributed by atoms with van der Waals surface area (Å²) in [6.45, 7) is 2.24. The zero-order valence-corrected chi connectivity index (χ0v) is 16.1. The molecule has 28 heavy (non-hydrogen) atoms. The van der Waals surface area contributed by atoms with Crippen molar-refractivity contribution in [1.29, 1.82) is 0 Å². The van der Waals surface area contributed by atoms with Crippen molar-refractivity contribution in [3.63, 3.8) is 0 Å². The smallest absolute Gasteiger partial charge is 0.255 e. The molecule has 1 aromatic rings. The Morgan fingerprint density at radius 2 is 2.07 bits per heavy atom. The molecule has 3 aliphatic rings. The molecule has 7 heteroatoms. The predicted octanol–water partition coefficient (Wildman–Crippen LogP) is 0.868. The quantitative estimate of drug-likeness (QED) is 0.668. The molecule has 2 fully saturated rings. The third kappa shape index (κ3) is 3.56. The Labute approximate surface area is 164 Å². The molecule has 0 aromatic heterocycles. The van der Waals surface area contributed by atoms with Gasteiger partial charge in [0.05, 0.1) is 5.60 Å². The van der Waals surface area contributed by atoms with Crippen LogP contribution in [0.2, 0.25) is 0 Å². The highest BCUT2D eigenvalue weighted by Gasteiger charge is 2.39. The third-order valence-electron chi connectivity index (χ3n) is 6.41. The number of hydrogen-bond acceptors (Lipinski definition) is 5. The summed E-state index contributed by atoms with van der Waals surface area (Å²) in [5.41, 5.74) is 8.23. The Balaban J connectivity index is 1.49. The molecule has 1 aromatic carbocycles. The summed E-state index contributed by atoms with van der Waals surface area (Å²) in [4.78, 5) is 37.9. The van der Waals surface area contributed by atoms with Gasteiger partial charge in [-0.15, -0.1) is 0 Å². The fourth-order valence-electron chi connectivity index (χ4n) is 4.81. The minimum atomic E-state index is -0.671. The van der Waals surface area contributed by atoms with Gasteiger partial charge in [-0.25, -0.2) is 0 Å². The van der Waals surface area contributed by atoms with Crippen LogP contribution in [0.1, 0.15) is 60.5 Å². The number of nitrogens with zero attached hydrogens (tertiary/aromatic N) is 1. The number of nitrogens with one attached hydrogen (secondary N) is 1. The molecule has 4 N–H and O–H groups in total. The number of carbonyl (C=O) groups is 3. The van der Waals surface area contributed by atoms with E-state index in [1.807, 2.05) is 25.1 Å². The standard InChI is InChI=1S/C21H27N3O4/c1-21(28)7-6-16(22)13(10-21)8-12-2-3-15-14(9-12)11-24(20(15)27)17-4-5-18(25)23-19(17)26/h2-3,9,13,16-17,28H,4-8,10-11,22H2,1H3,(H,23,25,26)/t13-,16-,17?,21-/m0/s1. The third-order valence-corrected chi connectivity index (χ3v) is 6.41. The van der Waals surface area contributed by atoms with Gasteiger partial charge in [0, 0.05) is 24.6 Å². The number of piperidine rings is 1. The molecule has 0 bridgehead atoms. The topological polar surface area (TPSA) is 113 Å². The number of fused-ring (bicyclic) bond motifs is 1. The second-order valence-corrected chi connectivity index (χ2v) is 8.76. The van der Waals surface area contributed by atoms with Crippen molar-refractivity contribution in [3.8, 4) is 0 Å². The maximum atomic E-state index is 12.8. The molecule has 4 rings (SSSR count). The van der Waals surface area contributed by atoms with Gasteiger partial charge in [0.15, 0.2) is 0 Å². The maximum absolute atomic E-state index is 12.8. The van der Waals surface area contributed by atoms with Gasteiger partial charge in [-0.2, -0.15) is 0 Å². The SMILES string of the molecule is C[C@]1(O)CC[C@H](N)[C@@H](Cc2ccc3c(c2)CN(C2CCC(=O)NC2=O)C3=O)C1. The first kappa shape index (κ1) is 19.1. The minimum absolute atomic E-state index is 0.0649. The van der Waals surface area contributed by atoms with Crippen LogP contribution in [0.3, 0.4) is 0 Å². The number of rotatable bonds is 3. The van der Waals surface area contributed by atoms with E-state index >= 15 is 0 Å². The first-order chi connectivity index (χ1) is 13.2. The highest BCUT2D eigenvalue weighted by molar-refractivity contribution is 6.05. The molecule has 1 saturated heterocycles. The summed E-state index contributed by atoms with van der Waals surface area (Å²) in [6.07, 6.45) is 3.59. The van der Waals surface area contributed by atoms with Crippen molar-refractivity contribution in [2.75, 3.05) is 0 Å². The molecule has 7 nitrogen and oxygen atoms in total. The van der Waals surface area contributed by atoms with Crippen LogP contribution >= 0.6 is 0 Å². The molecule has 4 atom stereocenters. The molecule has 1 saturated carbocycles. The molecule has 1 aliphatic carbocycles. The summed E-state index contributed by atoms with van der Waals surface area (Å²) < 4.78 is 0. The number of amides is 3. The maximum Gasteiger partial charge on any atom is 0.255 e. The van der Waals surface area contributed by atoms with Crippen LogP contribution < -0.4 is 11.1 Å². The highest BCUT2D eigenvalue weighted by Crippen LogP contribution is 2.34. The molecular weight excluding hydrogens is 358 g/mol. The van der Waals surface area contributed by atoms with Crippen LogP contribution in [0.15, 0.2) is 18.2 Å². The average molecular weight is 385 g/mol. The Morgan fingerprint density at radius 3 is 2.82 bits per heavy atom. The van der Waals surface area contributed by atoms with Gasteiger partial charge in [0.25, 0.3) is 5.91 Å². The number of carbonyl (C=O) groups excluding carboxylic acids is 3. The molecular formula is C21H27N3O4. The first-order valence-electron chi connectivity index (χ1n) is 9.98. The highest BCUT2D eigenvalue weighted by atomic mass is 16.3. The van der Waals surface area contributed by atoms with Crippen LogP contribution in [-0.4, -0.2) is 45.4 Å². The number of hydrogen-bond donors (Lipinski definition) is 3. The van der Waals surface area contributed by atoms with Crippen LogP contribution in [0.5, 0.6) is 0 Å². The molecule has 2 heterocycles. The van der Waals surface area contributed by atoms with Crippen molar-refractivity contribution < 1.29 is 19.5 Å². The summed E-state index contributed by atoms with van der Waals surface area (Å²) >= 11 is 0. The van der Waals surface area contributed by atoms with E-state index in [-0.39, 0.29) is 30.2 Å². The fourth-order valence-corrected chi connectivity index (χ4v) is 4.81. The van der Waals surface area contributed by atoms with Gasteiger partial charge in [0.1, 0.15) is 6.04 Å². The van der Waals surface area contributed by atoms with Crippen molar-refractivity contribution in [3.05, 3.63) is 34.9 Å². The number of benzene rings is 1. The second-order valence-electron chi connectivity index (χ2n) is 8.76. The van der Waals surface area contributed by atoms with Crippen LogP contribution in [0, 0.1) is 5.92 Å². The van der Waals surface area contributed by atoms with E-state index in [1.165, 1.54) is 0 Å². The molecule has 1 unspecified atom stereocenters. The van der Waals surface area contributed by atoms with E-state index in [0.29, 0.717) is 24.9 Å². The fraction of sp³-hybridized carbons (Fsp3) is 0.571. The zero-order valence-electron chi connectivity index (χ0n) is 16.1. The molecule has 3 amide bonds. The van der Waals surface area contributed by atoms with Crippen LogP contribution in [0.4, 0.5) is 0 Å². The normalized spacial score (nSPS) is 33.0.